The van der Waals surface area contributed by atoms with Crippen molar-refractivity contribution in [1.82, 2.24) is 15.1 Å². The number of halogens is 2. The van der Waals surface area contributed by atoms with Crippen LogP contribution in [0.4, 0.5) is 8.78 Å². The fourth-order valence-corrected chi connectivity index (χ4v) is 4.83. The second kappa shape index (κ2) is 8.32. The molecule has 6 nitrogen and oxygen atoms in total. The van der Waals surface area contributed by atoms with Gasteiger partial charge >= 0.3 is 0 Å². The first kappa shape index (κ1) is 21.3. The first-order chi connectivity index (χ1) is 14.8. The number of fused-ring (bicyclic) bond motifs is 1. The lowest BCUT2D eigenvalue weighted by molar-refractivity contribution is -0.132. The van der Waals surface area contributed by atoms with Crippen molar-refractivity contribution >= 4 is 11.8 Å². The smallest absolute Gasteiger partial charge is 0.231 e. The van der Waals surface area contributed by atoms with Gasteiger partial charge in [0.05, 0.1) is 28.8 Å². The summed E-state index contributed by atoms with van der Waals surface area (Å²) in [6.07, 6.45) is 1.94. The quantitative estimate of drug-likeness (QED) is 0.809. The van der Waals surface area contributed by atoms with Crippen molar-refractivity contribution in [2.24, 2.45) is 17.6 Å². The molecular weight excluding hydrogens is 402 g/mol. The van der Waals surface area contributed by atoms with Gasteiger partial charge in [0.1, 0.15) is 11.6 Å². The van der Waals surface area contributed by atoms with Crippen LogP contribution in [0.2, 0.25) is 0 Å². The van der Waals surface area contributed by atoms with E-state index in [1.165, 1.54) is 18.2 Å². The average Bonchev–Trinajstić information content (AvgIpc) is 3.22. The molecule has 0 spiro atoms. The van der Waals surface area contributed by atoms with Crippen LogP contribution < -0.4 is 5.73 Å². The minimum absolute atomic E-state index is 0.0914. The van der Waals surface area contributed by atoms with Gasteiger partial charge < -0.3 is 10.6 Å². The van der Waals surface area contributed by atoms with Crippen LogP contribution >= 0.6 is 0 Å². The normalized spacial score (nSPS) is 23.1. The molecule has 2 heterocycles. The highest BCUT2D eigenvalue weighted by molar-refractivity contribution is 5.86. The SMILES string of the molecule is CC(C)[C@@H]1CCC(C(=O)N2CCC(C(N)=O)C2)c2nnc(-c3c(F)cccc3F)cc21. The van der Waals surface area contributed by atoms with Crippen molar-refractivity contribution in [2.75, 3.05) is 13.1 Å². The van der Waals surface area contributed by atoms with Crippen molar-refractivity contribution in [3.63, 3.8) is 0 Å². The monoisotopic (exact) mass is 428 g/mol. The van der Waals surface area contributed by atoms with Crippen molar-refractivity contribution in [3.8, 4) is 11.3 Å². The number of aromatic nitrogens is 2. The molecular formula is C23H26F2N4O2. The van der Waals surface area contributed by atoms with E-state index in [2.05, 4.69) is 24.0 Å². The van der Waals surface area contributed by atoms with E-state index in [0.717, 1.165) is 12.0 Å². The molecule has 3 atom stereocenters. The number of benzene rings is 1. The van der Waals surface area contributed by atoms with Crippen LogP contribution in [-0.2, 0) is 9.59 Å². The molecule has 1 fully saturated rings. The lowest BCUT2D eigenvalue weighted by Gasteiger charge is -2.33. The molecule has 8 heteroatoms. The first-order valence-electron chi connectivity index (χ1n) is 10.7. The molecule has 1 aliphatic carbocycles. The van der Waals surface area contributed by atoms with Gasteiger partial charge in [-0.1, -0.05) is 19.9 Å². The Balaban J connectivity index is 1.71. The van der Waals surface area contributed by atoms with Crippen molar-refractivity contribution < 1.29 is 18.4 Å². The molecule has 1 aromatic carbocycles. The third-order valence-corrected chi connectivity index (χ3v) is 6.57. The van der Waals surface area contributed by atoms with Crippen LogP contribution in [0.3, 0.4) is 0 Å². The number of rotatable bonds is 4. The number of carbonyl (C=O) groups is 2. The molecule has 4 rings (SSSR count). The van der Waals surface area contributed by atoms with Crippen LogP contribution in [-0.4, -0.2) is 40.0 Å². The summed E-state index contributed by atoms with van der Waals surface area (Å²) in [6, 6.07) is 5.37. The summed E-state index contributed by atoms with van der Waals surface area (Å²) in [5.41, 5.74) is 6.70. The Labute approximate surface area is 179 Å². The Morgan fingerprint density at radius 1 is 1.13 bits per heavy atom. The van der Waals surface area contributed by atoms with Crippen molar-refractivity contribution in [2.45, 2.75) is 44.9 Å². The number of hydrogen-bond donors (Lipinski definition) is 1. The fourth-order valence-electron chi connectivity index (χ4n) is 4.83. The van der Waals surface area contributed by atoms with E-state index in [1.807, 2.05) is 0 Å². The van der Waals surface area contributed by atoms with E-state index in [0.29, 0.717) is 31.6 Å². The molecule has 2 unspecified atom stereocenters. The summed E-state index contributed by atoms with van der Waals surface area (Å²) < 4.78 is 28.7. The lowest BCUT2D eigenvalue weighted by Crippen LogP contribution is -2.37. The number of primary amides is 1. The van der Waals surface area contributed by atoms with Crippen molar-refractivity contribution in [3.05, 3.63) is 47.2 Å². The number of amides is 2. The van der Waals surface area contributed by atoms with Gasteiger partial charge in [0.15, 0.2) is 0 Å². The Morgan fingerprint density at radius 3 is 2.45 bits per heavy atom. The third kappa shape index (κ3) is 3.91. The zero-order valence-corrected chi connectivity index (χ0v) is 17.6. The number of nitrogens with zero attached hydrogens (tertiary/aromatic N) is 3. The molecule has 2 aliphatic rings. The van der Waals surface area contributed by atoms with Crippen LogP contribution in [0.15, 0.2) is 24.3 Å². The summed E-state index contributed by atoms with van der Waals surface area (Å²) in [5.74, 6) is -2.32. The van der Waals surface area contributed by atoms with Crippen molar-refractivity contribution in [1.29, 1.82) is 0 Å². The molecule has 0 bridgehead atoms. The van der Waals surface area contributed by atoms with E-state index >= 15 is 0 Å². The standard InChI is InChI=1S/C23H26F2N4O2/c1-12(2)14-6-7-15(23(31)29-9-8-13(11-29)22(26)30)21-16(14)10-19(27-28-21)20-17(24)4-3-5-18(20)25/h3-5,10,12-15H,6-9,11H2,1-2H3,(H2,26,30)/t13?,14-,15?/m0/s1. The topological polar surface area (TPSA) is 89.2 Å². The molecule has 164 valence electrons. The van der Waals surface area contributed by atoms with E-state index in [9.17, 15) is 18.4 Å². The minimum Gasteiger partial charge on any atom is -0.369 e. The predicted molar refractivity (Wildman–Crippen MR) is 111 cm³/mol. The Bertz CT molecular complexity index is 1010. The Hall–Kier alpha value is -2.90. The number of hydrogen-bond acceptors (Lipinski definition) is 4. The van der Waals surface area contributed by atoms with Gasteiger partial charge in [0, 0.05) is 13.1 Å². The Kier molecular flexibility index (Phi) is 5.73. The van der Waals surface area contributed by atoms with E-state index in [4.69, 9.17) is 5.73 Å². The van der Waals surface area contributed by atoms with E-state index in [-0.39, 0.29) is 34.9 Å². The summed E-state index contributed by atoms with van der Waals surface area (Å²) in [7, 11) is 0. The van der Waals surface area contributed by atoms with Gasteiger partial charge in [-0.3, -0.25) is 9.59 Å². The molecule has 0 saturated carbocycles. The van der Waals surface area contributed by atoms with E-state index in [1.54, 1.807) is 11.0 Å². The molecule has 2 N–H and O–H groups in total. The lowest BCUT2D eigenvalue weighted by atomic mass is 9.74. The number of carbonyl (C=O) groups excluding carboxylic acids is 2. The molecule has 2 aromatic rings. The van der Waals surface area contributed by atoms with Gasteiger partial charge in [0.2, 0.25) is 11.8 Å². The second-order valence-electron chi connectivity index (χ2n) is 8.82. The van der Waals surface area contributed by atoms with E-state index < -0.39 is 23.5 Å². The zero-order chi connectivity index (χ0) is 22.3. The van der Waals surface area contributed by atoms with Crippen LogP contribution in [0.25, 0.3) is 11.3 Å². The van der Waals surface area contributed by atoms with Crippen LogP contribution in [0, 0.1) is 23.5 Å². The molecule has 2 amide bonds. The molecule has 1 aromatic heterocycles. The summed E-state index contributed by atoms with van der Waals surface area (Å²) in [5, 5.41) is 8.42. The summed E-state index contributed by atoms with van der Waals surface area (Å²) in [4.78, 5) is 26.4. The highest BCUT2D eigenvalue weighted by Gasteiger charge is 2.39. The summed E-state index contributed by atoms with van der Waals surface area (Å²) >= 11 is 0. The Morgan fingerprint density at radius 2 is 1.84 bits per heavy atom. The minimum atomic E-state index is -0.701. The highest BCUT2D eigenvalue weighted by Crippen LogP contribution is 2.43. The molecule has 0 radical (unpaired) electrons. The van der Waals surface area contributed by atoms with Gasteiger partial charge in [-0.05, 0) is 54.9 Å². The van der Waals surface area contributed by atoms with Gasteiger partial charge in [0.25, 0.3) is 0 Å². The van der Waals surface area contributed by atoms with Gasteiger partial charge in [-0.25, -0.2) is 8.78 Å². The second-order valence-corrected chi connectivity index (χ2v) is 8.82. The number of nitrogens with two attached hydrogens (primary N) is 1. The largest absolute Gasteiger partial charge is 0.369 e. The van der Waals surface area contributed by atoms with Crippen LogP contribution in [0.1, 0.15) is 56.2 Å². The maximum atomic E-state index is 14.3. The number of likely N-dealkylation sites (tertiary alicyclic amines) is 1. The first-order valence-corrected chi connectivity index (χ1v) is 10.7. The predicted octanol–water partition coefficient (Wildman–Crippen LogP) is 3.37. The molecule has 1 saturated heterocycles. The van der Waals surface area contributed by atoms with Crippen LogP contribution in [0.5, 0.6) is 0 Å². The average molecular weight is 428 g/mol. The maximum Gasteiger partial charge on any atom is 0.231 e. The zero-order valence-electron chi connectivity index (χ0n) is 17.6. The van der Waals surface area contributed by atoms with Gasteiger partial charge in [-0.2, -0.15) is 5.10 Å². The molecule has 1 aliphatic heterocycles. The summed E-state index contributed by atoms with van der Waals surface area (Å²) in [6.45, 7) is 4.97. The highest BCUT2D eigenvalue weighted by atomic mass is 19.1. The third-order valence-electron chi connectivity index (χ3n) is 6.57. The molecule has 31 heavy (non-hydrogen) atoms. The van der Waals surface area contributed by atoms with Gasteiger partial charge in [-0.15, -0.1) is 5.10 Å². The maximum absolute atomic E-state index is 14.3. The fraction of sp³-hybridized carbons (Fsp3) is 0.478.